The van der Waals surface area contributed by atoms with Crippen molar-refractivity contribution in [1.82, 2.24) is 4.98 Å². The third-order valence-corrected chi connectivity index (χ3v) is 3.14. The van der Waals surface area contributed by atoms with Crippen LogP contribution in [0.4, 0.5) is 18.9 Å². The zero-order valence-corrected chi connectivity index (χ0v) is 10.9. The Morgan fingerprint density at radius 2 is 1.71 bits per heavy atom. The molecule has 2 nitrogen and oxygen atoms in total. The van der Waals surface area contributed by atoms with E-state index in [4.69, 9.17) is 0 Å². The molecule has 0 aliphatic heterocycles. The smallest absolute Gasteiger partial charge is 0.152 e. The van der Waals surface area contributed by atoms with E-state index in [1.54, 1.807) is 6.20 Å². The predicted molar refractivity (Wildman–Crippen MR) is 75.4 cm³/mol. The van der Waals surface area contributed by atoms with E-state index in [2.05, 4.69) is 10.3 Å². The Balaban J connectivity index is 1.83. The molecule has 3 rings (SSSR count). The molecular weight excluding hydrogens is 277 g/mol. The molecule has 0 spiro atoms. The summed E-state index contributed by atoms with van der Waals surface area (Å²) in [6.45, 7) is 0.226. The number of hydrogen-bond acceptors (Lipinski definition) is 2. The summed E-state index contributed by atoms with van der Waals surface area (Å²) in [5.41, 5.74) is 1.36. The van der Waals surface area contributed by atoms with Crippen LogP contribution in [0.3, 0.4) is 0 Å². The lowest BCUT2D eigenvalue weighted by Gasteiger charge is -2.09. The molecule has 2 aromatic carbocycles. The first-order valence-electron chi connectivity index (χ1n) is 6.35. The lowest BCUT2D eigenvalue weighted by atomic mass is 10.1. The second-order valence-corrected chi connectivity index (χ2v) is 4.63. The van der Waals surface area contributed by atoms with Gasteiger partial charge in [-0.15, -0.1) is 0 Å². The summed E-state index contributed by atoms with van der Waals surface area (Å²) in [6.07, 6.45) is 1.70. The largest absolute Gasteiger partial charge is 0.376 e. The van der Waals surface area contributed by atoms with Crippen molar-refractivity contribution in [3.8, 4) is 0 Å². The highest BCUT2D eigenvalue weighted by Crippen LogP contribution is 2.21. The van der Waals surface area contributed by atoms with Crippen molar-refractivity contribution in [3.05, 3.63) is 71.7 Å². The fourth-order valence-corrected chi connectivity index (χ4v) is 2.14. The fourth-order valence-electron chi connectivity index (χ4n) is 2.14. The molecule has 21 heavy (non-hydrogen) atoms. The lowest BCUT2D eigenvalue weighted by molar-refractivity contribution is 0.547. The zero-order valence-electron chi connectivity index (χ0n) is 10.9. The van der Waals surface area contributed by atoms with Gasteiger partial charge in [0, 0.05) is 30.3 Å². The van der Waals surface area contributed by atoms with Crippen LogP contribution in [0.1, 0.15) is 5.56 Å². The highest BCUT2D eigenvalue weighted by molar-refractivity contribution is 5.79. The van der Waals surface area contributed by atoms with Crippen molar-refractivity contribution in [1.29, 1.82) is 0 Å². The first-order valence-corrected chi connectivity index (χ1v) is 6.35. The Hall–Kier alpha value is -2.56. The van der Waals surface area contributed by atoms with Gasteiger partial charge >= 0.3 is 0 Å². The van der Waals surface area contributed by atoms with E-state index in [0.717, 1.165) is 16.5 Å². The molecule has 0 aliphatic carbocycles. The van der Waals surface area contributed by atoms with Crippen LogP contribution >= 0.6 is 0 Å². The number of anilines is 1. The summed E-state index contributed by atoms with van der Waals surface area (Å²) >= 11 is 0. The fraction of sp³-hybridized carbons (Fsp3) is 0.0625. The monoisotopic (exact) mass is 288 g/mol. The van der Waals surface area contributed by atoms with Gasteiger partial charge in [0.15, 0.2) is 11.6 Å². The van der Waals surface area contributed by atoms with Crippen LogP contribution in [-0.2, 0) is 6.54 Å². The van der Waals surface area contributed by atoms with Gasteiger partial charge in [0.2, 0.25) is 0 Å². The summed E-state index contributed by atoms with van der Waals surface area (Å²) in [7, 11) is 0. The van der Waals surface area contributed by atoms with Gasteiger partial charge in [0.05, 0.1) is 5.52 Å². The van der Waals surface area contributed by atoms with E-state index in [9.17, 15) is 13.2 Å². The standard InChI is InChI=1S/C16H11F3N2/c17-12-7-13(18)16(14(19)8-12)21-9-10-3-4-15-11(6-10)2-1-5-20-15/h1-8,21H,9H2. The zero-order chi connectivity index (χ0) is 14.8. The topological polar surface area (TPSA) is 24.9 Å². The number of nitrogens with one attached hydrogen (secondary N) is 1. The third kappa shape index (κ3) is 2.81. The summed E-state index contributed by atoms with van der Waals surface area (Å²) in [4.78, 5) is 4.20. The van der Waals surface area contributed by atoms with Crippen LogP contribution in [-0.4, -0.2) is 4.98 Å². The molecule has 0 atom stereocenters. The van der Waals surface area contributed by atoms with Gasteiger partial charge < -0.3 is 5.32 Å². The van der Waals surface area contributed by atoms with Crippen LogP contribution in [0.25, 0.3) is 10.9 Å². The van der Waals surface area contributed by atoms with E-state index in [1.165, 1.54) is 0 Å². The summed E-state index contributed by atoms with van der Waals surface area (Å²) < 4.78 is 39.9. The van der Waals surface area contributed by atoms with Crippen molar-refractivity contribution in [3.63, 3.8) is 0 Å². The molecule has 0 saturated heterocycles. The molecular formula is C16H11F3N2. The molecule has 3 aromatic rings. The van der Waals surface area contributed by atoms with Gasteiger partial charge in [0.25, 0.3) is 0 Å². The van der Waals surface area contributed by atoms with Gasteiger partial charge in [-0.1, -0.05) is 12.1 Å². The van der Waals surface area contributed by atoms with Crippen molar-refractivity contribution >= 4 is 16.6 Å². The normalized spacial score (nSPS) is 10.8. The van der Waals surface area contributed by atoms with Crippen LogP contribution in [0.5, 0.6) is 0 Å². The molecule has 1 N–H and O–H groups in total. The average molecular weight is 288 g/mol. The summed E-state index contributed by atoms with van der Waals surface area (Å²) in [6, 6.07) is 10.6. The highest BCUT2D eigenvalue weighted by Gasteiger charge is 2.11. The number of halogens is 3. The number of rotatable bonds is 3. The molecule has 0 radical (unpaired) electrons. The van der Waals surface area contributed by atoms with Crippen LogP contribution < -0.4 is 5.32 Å². The molecule has 0 fully saturated rings. The van der Waals surface area contributed by atoms with Crippen LogP contribution in [0.15, 0.2) is 48.7 Å². The van der Waals surface area contributed by atoms with Crippen molar-refractivity contribution in [2.24, 2.45) is 0 Å². The Bertz CT molecular complexity index is 779. The molecule has 1 heterocycles. The quantitative estimate of drug-likeness (QED) is 0.778. The molecule has 1 aromatic heterocycles. The molecule has 5 heteroatoms. The number of pyridine rings is 1. The van der Waals surface area contributed by atoms with Gasteiger partial charge in [0.1, 0.15) is 11.5 Å². The first-order chi connectivity index (χ1) is 10.1. The molecule has 106 valence electrons. The second-order valence-electron chi connectivity index (χ2n) is 4.63. The SMILES string of the molecule is Fc1cc(F)c(NCc2ccc3ncccc3c2)c(F)c1. The maximum Gasteiger partial charge on any atom is 0.152 e. The maximum atomic E-state index is 13.5. The first kappa shape index (κ1) is 13.4. The van der Waals surface area contributed by atoms with E-state index in [1.807, 2.05) is 30.3 Å². The highest BCUT2D eigenvalue weighted by atomic mass is 19.1. The van der Waals surface area contributed by atoms with Crippen LogP contribution in [0.2, 0.25) is 0 Å². The average Bonchev–Trinajstić information content (AvgIpc) is 2.46. The minimum Gasteiger partial charge on any atom is -0.376 e. The van der Waals surface area contributed by atoms with E-state index in [-0.39, 0.29) is 12.2 Å². The molecule has 0 aliphatic rings. The number of fused-ring (bicyclic) bond motifs is 1. The van der Waals surface area contributed by atoms with Crippen molar-refractivity contribution in [2.45, 2.75) is 6.54 Å². The van der Waals surface area contributed by atoms with Gasteiger partial charge in [-0.25, -0.2) is 13.2 Å². The Morgan fingerprint density at radius 3 is 2.48 bits per heavy atom. The Labute approximate surface area is 119 Å². The van der Waals surface area contributed by atoms with Crippen molar-refractivity contribution < 1.29 is 13.2 Å². The van der Waals surface area contributed by atoms with Crippen molar-refractivity contribution in [2.75, 3.05) is 5.32 Å². The van der Waals surface area contributed by atoms with E-state index < -0.39 is 17.5 Å². The third-order valence-electron chi connectivity index (χ3n) is 3.14. The number of aromatic nitrogens is 1. The Kier molecular flexibility index (Phi) is 3.48. The number of benzene rings is 2. The summed E-state index contributed by atoms with van der Waals surface area (Å²) in [5, 5.41) is 3.59. The number of nitrogens with zero attached hydrogens (tertiary/aromatic N) is 1. The molecule has 0 unspecified atom stereocenters. The minimum atomic E-state index is -0.949. The second kappa shape index (κ2) is 5.44. The van der Waals surface area contributed by atoms with Gasteiger partial charge in [-0.2, -0.15) is 0 Å². The molecule has 0 bridgehead atoms. The minimum absolute atomic E-state index is 0.226. The lowest BCUT2D eigenvalue weighted by Crippen LogP contribution is -2.04. The van der Waals surface area contributed by atoms with Gasteiger partial charge in [-0.3, -0.25) is 4.98 Å². The predicted octanol–water partition coefficient (Wildman–Crippen LogP) is 4.26. The Morgan fingerprint density at radius 1 is 0.952 bits per heavy atom. The number of hydrogen-bond donors (Lipinski definition) is 1. The molecule has 0 saturated carbocycles. The summed E-state index contributed by atoms with van der Waals surface area (Å²) in [5.74, 6) is -2.84. The molecule has 0 amide bonds. The van der Waals surface area contributed by atoms with Gasteiger partial charge in [-0.05, 0) is 23.8 Å². The maximum absolute atomic E-state index is 13.5. The van der Waals surface area contributed by atoms with E-state index >= 15 is 0 Å². The van der Waals surface area contributed by atoms with E-state index in [0.29, 0.717) is 12.1 Å². The van der Waals surface area contributed by atoms with Crippen LogP contribution in [0, 0.1) is 17.5 Å².